The summed E-state index contributed by atoms with van der Waals surface area (Å²) in [6.45, 7) is 2.74. The second-order valence-electron chi connectivity index (χ2n) is 5.02. The number of carbonyl (C=O) groups is 2. The van der Waals surface area contributed by atoms with Crippen LogP contribution in [0.15, 0.2) is 0 Å². The highest BCUT2D eigenvalue weighted by atomic mass is 16.2. The van der Waals surface area contributed by atoms with Crippen molar-refractivity contribution in [3.63, 3.8) is 0 Å². The second-order valence-corrected chi connectivity index (χ2v) is 5.02. The summed E-state index contributed by atoms with van der Waals surface area (Å²) in [6, 6.07) is -0.237. The van der Waals surface area contributed by atoms with Gasteiger partial charge in [-0.3, -0.25) is 9.69 Å². The van der Waals surface area contributed by atoms with Crippen molar-refractivity contribution in [2.75, 3.05) is 40.3 Å². The smallest absolute Gasteiger partial charge is 0.323 e. The van der Waals surface area contributed by atoms with E-state index in [2.05, 4.69) is 10.6 Å². The van der Waals surface area contributed by atoms with Crippen molar-refractivity contribution in [2.45, 2.75) is 18.4 Å². The van der Waals surface area contributed by atoms with Gasteiger partial charge in [0.15, 0.2) is 0 Å². The Morgan fingerprint density at radius 2 is 1.94 bits per heavy atom. The lowest BCUT2D eigenvalue weighted by molar-refractivity contribution is -0.132. The average molecular weight is 240 g/mol. The molecule has 0 aromatic carbocycles. The highest BCUT2D eigenvalue weighted by Crippen LogP contribution is 2.26. The third-order valence-electron chi connectivity index (χ3n) is 3.47. The van der Waals surface area contributed by atoms with Crippen molar-refractivity contribution in [3.8, 4) is 0 Å². The summed E-state index contributed by atoms with van der Waals surface area (Å²) in [5.74, 6) is -0.0501. The van der Waals surface area contributed by atoms with E-state index in [9.17, 15) is 9.59 Å². The van der Waals surface area contributed by atoms with Gasteiger partial charge in [-0.1, -0.05) is 0 Å². The van der Waals surface area contributed by atoms with Crippen LogP contribution in [0, 0.1) is 0 Å². The zero-order valence-electron chi connectivity index (χ0n) is 10.5. The molecule has 96 valence electrons. The van der Waals surface area contributed by atoms with E-state index < -0.39 is 5.54 Å². The lowest BCUT2D eigenvalue weighted by atomic mass is 9.88. The molecule has 2 aliphatic heterocycles. The molecule has 2 fully saturated rings. The van der Waals surface area contributed by atoms with Gasteiger partial charge in [-0.15, -0.1) is 0 Å². The number of rotatable bonds is 3. The molecule has 2 rings (SSSR count). The maximum absolute atomic E-state index is 12.3. The van der Waals surface area contributed by atoms with E-state index in [0.29, 0.717) is 25.9 Å². The normalized spacial score (nSPS) is 23.6. The van der Waals surface area contributed by atoms with E-state index in [1.807, 2.05) is 19.0 Å². The predicted octanol–water partition coefficient (Wildman–Crippen LogP) is -0.778. The molecule has 0 bridgehead atoms. The molecule has 0 aliphatic carbocycles. The Balaban J connectivity index is 2.05. The van der Waals surface area contributed by atoms with Gasteiger partial charge in [0.05, 0.1) is 0 Å². The van der Waals surface area contributed by atoms with Gasteiger partial charge in [-0.2, -0.15) is 0 Å². The first-order chi connectivity index (χ1) is 8.05. The van der Waals surface area contributed by atoms with Crippen LogP contribution in [0.3, 0.4) is 0 Å². The fraction of sp³-hybridized carbons (Fsp3) is 0.818. The average Bonchev–Trinajstić information content (AvgIpc) is 2.50. The number of urea groups is 1. The van der Waals surface area contributed by atoms with Crippen LogP contribution in [0.1, 0.15) is 12.8 Å². The molecule has 17 heavy (non-hydrogen) atoms. The number of hydrogen-bond donors (Lipinski definition) is 2. The Kier molecular flexibility index (Phi) is 3.35. The van der Waals surface area contributed by atoms with Crippen molar-refractivity contribution in [1.29, 1.82) is 0 Å². The lowest BCUT2D eigenvalue weighted by Crippen LogP contribution is -2.54. The zero-order valence-corrected chi connectivity index (χ0v) is 10.5. The summed E-state index contributed by atoms with van der Waals surface area (Å²) in [4.78, 5) is 27.4. The molecule has 1 spiro atoms. The Hall–Kier alpha value is -1.14. The fourth-order valence-corrected chi connectivity index (χ4v) is 2.37. The molecular formula is C11H20N4O2. The van der Waals surface area contributed by atoms with Gasteiger partial charge in [0.25, 0.3) is 5.91 Å². The van der Waals surface area contributed by atoms with Crippen molar-refractivity contribution in [3.05, 3.63) is 0 Å². The van der Waals surface area contributed by atoms with Crippen LogP contribution in [0.25, 0.3) is 0 Å². The van der Waals surface area contributed by atoms with Crippen molar-refractivity contribution >= 4 is 11.9 Å². The van der Waals surface area contributed by atoms with Gasteiger partial charge in [-0.05, 0) is 40.0 Å². The van der Waals surface area contributed by atoms with Gasteiger partial charge in [0.2, 0.25) is 0 Å². The molecule has 2 heterocycles. The molecule has 0 unspecified atom stereocenters. The number of likely N-dealkylation sites (N-methyl/N-ethyl adjacent to an activating group) is 1. The first-order valence-corrected chi connectivity index (χ1v) is 6.05. The van der Waals surface area contributed by atoms with Crippen LogP contribution in [-0.2, 0) is 4.79 Å². The topological polar surface area (TPSA) is 64.7 Å². The summed E-state index contributed by atoms with van der Waals surface area (Å²) in [5, 5.41) is 6.08. The standard InChI is InChI=1S/C11H20N4O2/c1-14(2)7-8-15-9(16)11(13-10(15)17)3-5-12-6-4-11/h12H,3-8H2,1-2H3,(H,13,17). The minimum atomic E-state index is -0.630. The number of carbonyl (C=O) groups excluding carboxylic acids is 2. The van der Waals surface area contributed by atoms with Crippen LogP contribution < -0.4 is 10.6 Å². The van der Waals surface area contributed by atoms with Crippen molar-refractivity contribution in [2.24, 2.45) is 0 Å². The number of amides is 3. The SMILES string of the molecule is CN(C)CCN1C(=O)NC2(CCNCC2)C1=O. The number of nitrogens with one attached hydrogen (secondary N) is 2. The maximum atomic E-state index is 12.3. The van der Waals surface area contributed by atoms with Crippen LogP contribution >= 0.6 is 0 Å². The van der Waals surface area contributed by atoms with Crippen LogP contribution in [0.5, 0.6) is 0 Å². The molecule has 0 radical (unpaired) electrons. The Morgan fingerprint density at radius 3 is 2.53 bits per heavy atom. The molecule has 6 heteroatoms. The molecule has 0 saturated carbocycles. The number of piperidine rings is 1. The van der Waals surface area contributed by atoms with Crippen LogP contribution in [-0.4, -0.2) is 67.6 Å². The molecule has 0 atom stereocenters. The summed E-state index contributed by atoms with van der Waals surface area (Å²) < 4.78 is 0. The van der Waals surface area contributed by atoms with E-state index in [0.717, 1.165) is 13.1 Å². The first kappa shape index (κ1) is 12.3. The molecule has 2 aliphatic rings. The van der Waals surface area contributed by atoms with Crippen LogP contribution in [0.2, 0.25) is 0 Å². The lowest BCUT2D eigenvalue weighted by Gasteiger charge is -2.31. The van der Waals surface area contributed by atoms with E-state index >= 15 is 0 Å². The minimum Gasteiger partial charge on any atom is -0.323 e. The molecule has 2 N–H and O–H groups in total. The van der Waals surface area contributed by atoms with E-state index in [1.54, 1.807) is 0 Å². The van der Waals surface area contributed by atoms with E-state index in [-0.39, 0.29) is 11.9 Å². The third kappa shape index (κ3) is 2.28. The summed E-state index contributed by atoms with van der Waals surface area (Å²) >= 11 is 0. The molecule has 3 amide bonds. The zero-order chi connectivity index (χ0) is 12.5. The fourth-order valence-electron chi connectivity index (χ4n) is 2.37. The highest BCUT2D eigenvalue weighted by Gasteiger charge is 2.50. The number of nitrogens with zero attached hydrogens (tertiary/aromatic N) is 2. The summed E-state index contributed by atoms with van der Waals surface area (Å²) in [5.41, 5.74) is -0.630. The van der Waals surface area contributed by atoms with Gasteiger partial charge < -0.3 is 15.5 Å². The molecule has 2 saturated heterocycles. The van der Waals surface area contributed by atoms with Crippen LogP contribution in [0.4, 0.5) is 4.79 Å². The molecule has 0 aromatic rings. The van der Waals surface area contributed by atoms with E-state index in [1.165, 1.54) is 4.90 Å². The van der Waals surface area contributed by atoms with E-state index in [4.69, 9.17) is 0 Å². The molecule has 6 nitrogen and oxygen atoms in total. The number of hydrogen-bond acceptors (Lipinski definition) is 4. The Bertz CT molecular complexity index is 323. The first-order valence-electron chi connectivity index (χ1n) is 6.05. The molecular weight excluding hydrogens is 220 g/mol. The minimum absolute atomic E-state index is 0.0501. The van der Waals surface area contributed by atoms with Gasteiger partial charge in [0.1, 0.15) is 5.54 Å². The summed E-state index contributed by atoms with van der Waals surface area (Å²) in [6.07, 6.45) is 1.38. The van der Waals surface area contributed by atoms with Gasteiger partial charge in [0, 0.05) is 13.1 Å². The Morgan fingerprint density at radius 1 is 1.29 bits per heavy atom. The van der Waals surface area contributed by atoms with Gasteiger partial charge in [-0.25, -0.2) is 4.79 Å². The highest BCUT2D eigenvalue weighted by molar-refractivity contribution is 6.07. The second kappa shape index (κ2) is 4.62. The quantitative estimate of drug-likeness (QED) is 0.635. The van der Waals surface area contributed by atoms with Crippen molar-refractivity contribution in [1.82, 2.24) is 20.4 Å². The monoisotopic (exact) mass is 240 g/mol. The number of imide groups is 1. The third-order valence-corrected chi connectivity index (χ3v) is 3.47. The molecule has 0 aromatic heterocycles. The largest absolute Gasteiger partial charge is 0.325 e. The maximum Gasteiger partial charge on any atom is 0.325 e. The Labute approximate surface area is 101 Å². The van der Waals surface area contributed by atoms with Crippen molar-refractivity contribution < 1.29 is 9.59 Å². The predicted molar refractivity (Wildman–Crippen MR) is 63.6 cm³/mol. The summed E-state index contributed by atoms with van der Waals surface area (Å²) in [7, 11) is 3.86. The van der Waals surface area contributed by atoms with Gasteiger partial charge >= 0.3 is 6.03 Å².